The molecular weight excluding hydrogens is 294 g/mol. The summed E-state index contributed by atoms with van der Waals surface area (Å²) in [5, 5.41) is 0. The monoisotopic (exact) mass is 311 g/mol. The first kappa shape index (κ1) is 16.4. The van der Waals surface area contributed by atoms with Crippen molar-refractivity contribution in [2.45, 2.75) is 19.4 Å². The number of esters is 1. The van der Waals surface area contributed by atoms with E-state index in [1.165, 1.54) is 0 Å². The Morgan fingerprint density at radius 2 is 1.48 bits per heavy atom. The molecule has 0 saturated heterocycles. The van der Waals surface area contributed by atoms with Gasteiger partial charge in [0, 0.05) is 17.5 Å². The number of rotatable bonds is 7. The molecule has 2 aromatic rings. The van der Waals surface area contributed by atoms with Crippen LogP contribution in [0.5, 0.6) is 0 Å². The number of hydrogen-bond donors (Lipinski definition) is 1. The molecular formula is C18H17NO4. The van der Waals surface area contributed by atoms with E-state index < -0.39 is 11.9 Å². The molecule has 0 aromatic heterocycles. The third-order valence-electron chi connectivity index (χ3n) is 3.29. The Morgan fingerprint density at radius 3 is 2.09 bits per heavy atom. The van der Waals surface area contributed by atoms with E-state index in [-0.39, 0.29) is 25.2 Å². The fourth-order valence-corrected chi connectivity index (χ4v) is 1.99. The van der Waals surface area contributed by atoms with Crippen LogP contribution in [0.25, 0.3) is 0 Å². The number of benzene rings is 2. The number of primary amides is 1. The maximum Gasteiger partial charge on any atom is 0.306 e. The highest BCUT2D eigenvalue weighted by Gasteiger charge is 2.10. The van der Waals surface area contributed by atoms with Gasteiger partial charge in [0.25, 0.3) is 0 Å². The van der Waals surface area contributed by atoms with E-state index >= 15 is 0 Å². The van der Waals surface area contributed by atoms with Crippen molar-refractivity contribution in [3.63, 3.8) is 0 Å². The van der Waals surface area contributed by atoms with E-state index in [4.69, 9.17) is 10.5 Å². The van der Waals surface area contributed by atoms with Crippen molar-refractivity contribution >= 4 is 17.7 Å². The number of ketones is 1. The molecule has 0 unspecified atom stereocenters. The van der Waals surface area contributed by atoms with Crippen LogP contribution in [0.15, 0.2) is 54.6 Å². The van der Waals surface area contributed by atoms with Crippen LogP contribution in [0.1, 0.15) is 39.1 Å². The summed E-state index contributed by atoms with van der Waals surface area (Å²) in [7, 11) is 0. The first-order valence-electron chi connectivity index (χ1n) is 7.19. The third kappa shape index (κ3) is 5.07. The number of hydrogen-bond acceptors (Lipinski definition) is 4. The van der Waals surface area contributed by atoms with E-state index in [0.29, 0.717) is 11.1 Å². The summed E-state index contributed by atoms with van der Waals surface area (Å²) in [6.45, 7) is 0.0946. The van der Waals surface area contributed by atoms with Crippen LogP contribution in [0.2, 0.25) is 0 Å². The van der Waals surface area contributed by atoms with Gasteiger partial charge in [-0.25, -0.2) is 0 Å². The first-order valence-corrected chi connectivity index (χ1v) is 7.19. The molecule has 2 rings (SSSR count). The van der Waals surface area contributed by atoms with Crippen molar-refractivity contribution in [1.82, 2.24) is 0 Å². The lowest BCUT2D eigenvalue weighted by Gasteiger charge is -2.05. The van der Waals surface area contributed by atoms with Crippen molar-refractivity contribution in [3.8, 4) is 0 Å². The van der Waals surface area contributed by atoms with Gasteiger partial charge >= 0.3 is 5.97 Å². The second kappa shape index (κ2) is 7.89. The van der Waals surface area contributed by atoms with Gasteiger partial charge in [-0.05, 0) is 17.7 Å². The van der Waals surface area contributed by atoms with Crippen molar-refractivity contribution in [2.24, 2.45) is 5.73 Å². The molecule has 0 atom stereocenters. The highest BCUT2D eigenvalue weighted by atomic mass is 16.5. The Labute approximate surface area is 134 Å². The van der Waals surface area contributed by atoms with Crippen LogP contribution >= 0.6 is 0 Å². The smallest absolute Gasteiger partial charge is 0.306 e. The molecule has 0 fully saturated rings. The van der Waals surface area contributed by atoms with Gasteiger partial charge in [-0.15, -0.1) is 0 Å². The van der Waals surface area contributed by atoms with Gasteiger partial charge in [0.1, 0.15) is 6.61 Å². The van der Waals surface area contributed by atoms with Crippen LogP contribution in [0.4, 0.5) is 0 Å². The van der Waals surface area contributed by atoms with Crippen LogP contribution in [0.3, 0.4) is 0 Å². The molecule has 0 heterocycles. The van der Waals surface area contributed by atoms with Crippen LogP contribution in [-0.4, -0.2) is 17.7 Å². The molecule has 118 valence electrons. The van der Waals surface area contributed by atoms with Gasteiger partial charge in [-0.3, -0.25) is 14.4 Å². The van der Waals surface area contributed by atoms with Crippen molar-refractivity contribution < 1.29 is 19.1 Å². The van der Waals surface area contributed by atoms with Crippen LogP contribution in [0, 0.1) is 0 Å². The summed E-state index contributed by atoms with van der Waals surface area (Å²) >= 11 is 0. The molecule has 0 saturated carbocycles. The van der Waals surface area contributed by atoms with Gasteiger partial charge in [-0.1, -0.05) is 42.5 Å². The van der Waals surface area contributed by atoms with Crippen LogP contribution in [-0.2, 0) is 16.1 Å². The van der Waals surface area contributed by atoms with Crippen molar-refractivity contribution in [2.75, 3.05) is 0 Å². The summed E-state index contributed by atoms with van der Waals surface area (Å²) in [4.78, 5) is 34.5. The minimum absolute atomic E-state index is 0.0348. The molecule has 23 heavy (non-hydrogen) atoms. The number of nitrogens with two attached hydrogens (primary N) is 1. The predicted octanol–water partition coefficient (Wildman–Crippen LogP) is 2.49. The lowest BCUT2D eigenvalue weighted by Crippen LogP contribution is -2.11. The predicted molar refractivity (Wildman–Crippen MR) is 84.8 cm³/mol. The quantitative estimate of drug-likeness (QED) is 0.628. The summed E-state index contributed by atoms with van der Waals surface area (Å²) in [5.74, 6) is -1.03. The number of carbonyl (C=O) groups excluding carboxylic acids is 3. The van der Waals surface area contributed by atoms with Gasteiger partial charge in [0.05, 0.1) is 6.42 Å². The van der Waals surface area contributed by atoms with E-state index in [1.54, 1.807) is 48.5 Å². The number of ether oxygens (including phenoxy) is 1. The largest absolute Gasteiger partial charge is 0.461 e. The zero-order chi connectivity index (χ0) is 16.7. The number of amides is 1. The Bertz CT molecular complexity index is 693. The molecule has 1 amide bonds. The maximum atomic E-state index is 11.9. The summed E-state index contributed by atoms with van der Waals surface area (Å²) in [6, 6.07) is 15.3. The van der Waals surface area contributed by atoms with Crippen molar-refractivity contribution in [3.05, 3.63) is 71.3 Å². The highest BCUT2D eigenvalue weighted by molar-refractivity contribution is 5.97. The summed E-state index contributed by atoms with van der Waals surface area (Å²) < 4.78 is 5.11. The lowest BCUT2D eigenvalue weighted by atomic mass is 10.1. The van der Waals surface area contributed by atoms with Gasteiger partial charge in [0.15, 0.2) is 5.78 Å². The molecule has 2 N–H and O–H groups in total. The first-order chi connectivity index (χ1) is 11.1. The van der Waals surface area contributed by atoms with E-state index in [1.807, 2.05) is 6.07 Å². The zero-order valence-corrected chi connectivity index (χ0v) is 12.5. The van der Waals surface area contributed by atoms with Gasteiger partial charge < -0.3 is 10.5 Å². The lowest BCUT2D eigenvalue weighted by molar-refractivity contribution is -0.144. The molecule has 0 bridgehead atoms. The van der Waals surface area contributed by atoms with Gasteiger partial charge in [-0.2, -0.15) is 0 Å². The normalized spacial score (nSPS) is 10.1. The molecule has 5 heteroatoms. The molecule has 5 nitrogen and oxygen atoms in total. The topological polar surface area (TPSA) is 86.5 Å². The Hall–Kier alpha value is -2.95. The maximum absolute atomic E-state index is 11.9. The standard InChI is InChI=1S/C18H17NO4/c19-18(22)15-8-6-13(7-9-15)12-23-17(21)11-10-16(20)14-4-2-1-3-5-14/h1-9H,10-12H2,(H2,19,22). The Balaban J connectivity index is 1.77. The fraction of sp³-hybridized carbons (Fsp3) is 0.167. The molecule has 2 aromatic carbocycles. The molecule has 0 aliphatic rings. The van der Waals surface area contributed by atoms with Crippen LogP contribution < -0.4 is 5.73 Å². The minimum Gasteiger partial charge on any atom is -0.461 e. The second-order valence-electron chi connectivity index (χ2n) is 5.01. The minimum atomic E-state index is -0.507. The molecule has 0 aliphatic heterocycles. The SMILES string of the molecule is NC(=O)c1ccc(COC(=O)CCC(=O)c2ccccc2)cc1. The zero-order valence-electron chi connectivity index (χ0n) is 12.5. The average molecular weight is 311 g/mol. The fourth-order valence-electron chi connectivity index (χ4n) is 1.99. The number of carbonyl (C=O) groups is 3. The van der Waals surface area contributed by atoms with E-state index in [2.05, 4.69) is 0 Å². The Morgan fingerprint density at radius 1 is 0.826 bits per heavy atom. The van der Waals surface area contributed by atoms with Gasteiger partial charge in [0.2, 0.25) is 5.91 Å². The molecule has 0 aliphatic carbocycles. The average Bonchev–Trinajstić information content (AvgIpc) is 2.59. The van der Waals surface area contributed by atoms with E-state index in [0.717, 1.165) is 5.56 Å². The third-order valence-corrected chi connectivity index (χ3v) is 3.29. The highest BCUT2D eigenvalue weighted by Crippen LogP contribution is 2.08. The molecule has 0 radical (unpaired) electrons. The number of Topliss-reactive ketones (excluding diaryl/α,β-unsaturated/α-hetero) is 1. The summed E-state index contributed by atoms with van der Waals surface area (Å²) in [6.07, 6.45) is 0.149. The summed E-state index contributed by atoms with van der Waals surface area (Å²) in [5.41, 5.74) is 6.88. The molecule has 0 spiro atoms. The van der Waals surface area contributed by atoms with E-state index in [9.17, 15) is 14.4 Å². The van der Waals surface area contributed by atoms with Crippen molar-refractivity contribution in [1.29, 1.82) is 0 Å². The second-order valence-corrected chi connectivity index (χ2v) is 5.01. The Kier molecular flexibility index (Phi) is 5.63.